The first kappa shape index (κ1) is 21.0. The molecule has 1 aromatic heterocycles. The lowest BCUT2D eigenvalue weighted by atomic mass is 10.1. The minimum atomic E-state index is -0.705. The Morgan fingerprint density at radius 2 is 2.07 bits per heavy atom. The summed E-state index contributed by atoms with van der Waals surface area (Å²) in [7, 11) is 1.34. The Labute approximate surface area is 174 Å². The maximum atomic E-state index is 14.3. The summed E-state index contributed by atoms with van der Waals surface area (Å²) in [4.78, 5) is 23.6. The van der Waals surface area contributed by atoms with E-state index in [1.165, 1.54) is 42.1 Å². The standard InChI is InChI=1S/C18H16ClFN6O4/c1-9-23-24-25-26(9)11-3-4-13(20)14(7-11)22-18(28)10-5-12(19)17(15(6-10)29-2)30-8-16(21)27/h3-7H,8H2,1-2H3,(H2,21,27)(H,22,28). The van der Waals surface area contributed by atoms with Crippen LogP contribution in [0.4, 0.5) is 10.1 Å². The minimum absolute atomic E-state index is 0.0132. The lowest BCUT2D eigenvalue weighted by molar-refractivity contribution is -0.119. The summed E-state index contributed by atoms with van der Waals surface area (Å²) in [6.45, 7) is 1.26. The Morgan fingerprint density at radius 3 is 2.70 bits per heavy atom. The van der Waals surface area contributed by atoms with Crippen molar-refractivity contribution in [3.63, 3.8) is 0 Å². The number of rotatable bonds is 7. The zero-order valence-corrected chi connectivity index (χ0v) is 16.6. The number of nitrogens with two attached hydrogens (primary N) is 1. The molecule has 0 saturated carbocycles. The molecule has 0 fully saturated rings. The molecule has 12 heteroatoms. The van der Waals surface area contributed by atoms with E-state index in [0.29, 0.717) is 11.5 Å². The van der Waals surface area contributed by atoms with Crippen molar-refractivity contribution >= 4 is 29.1 Å². The number of nitrogens with zero attached hydrogens (tertiary/aromatic N) is 4. The Balaban J connectivity index is 1.88. The zero-order chi connectivity index (χ0) is 21.8. The summed E-state index contributed by atoms with van der Waals surface area (Å²) in [6, 6.07) is 6.67. The lowest BCUT2D eigenvalue weighted by Crippen LogP contribution is -2.20. The molecule has 0 radical (unpaired) electrons. The number of carbonyl (C=O) groups excluding carboxylic acids is 2. The summed E-state index contributed by atoms with van der Waals surface area (Å²) in [5.41, 5.74) is 5.50. The second-order valence-electron chi connectivity index (χ2n) is 6.00. The molecule has 3 N–H and O–H groups in total. The van der Waals surface area contributed by atoms with E-state index in [0.717, 1.165) is 0 Å². The van der Waals surface area contributed by atoms with Gasteiger partial charge in [0.15, 0.2) is 23.9 Å². The molecular weight excluding hydrogens is 419 g/mol. The summed E-state index contributed by atoms with van der Waals surface area (Å²) in [6.07, 6.45) is 0. The van der Waals surface area contributed by atoms with Crippen LogP contribution in [0, 0.1) is 12.7 Å². The number of amides is 2. The van der Waals surface area contributed by atoms with Crippen molar-refractivity contribution in [2.75, 3.05) is 19.0 Å². The van der Waals surface area contributed by atoms with Gasteiger partial charge in [0.2, 0.25) is 0 Å². The van der Waals surface area contributed by atoms with E-state index in [4.69, 9.17) is 26.8 Å². The first-order chi connectivity index (χ1) is 14.3. The lowest BCUT2D eigenvalue weighted by Gasteiger charge is -2.14. The van der Waals surface area contributed by atoms with Gasteiger partial charge >= 0.3 is 0 Å². The van der Waals surface area contributed by atoms with Crippen LogP contribution in [-0.4, -0.2) is 45.7 Å². The third-order valence-electron chi connectivity index (χ3n) is 3.92. The Bertz CT molecular complexity index is 1120. The quantitative estimate of drug-likeness (QED) is 0.579. The Hall–Kier alpha value is -3.73. The van der Waals surface area contributed by atoms with Crippen LogP contribution in [0.3, 0.4) is 0 Å². The predicted molar refractivity (Wildman–Crippen MR) is 104 cm³/mol. The van der Waals surface area contributed by atoms with Gasteiger partial charge in [0.1, 0.15) is 5.82 Å². The second kappa shape index (κ2) is 8.74. The molecule has 10 nitrogen and oxygen atoms in total. The predicted octanol–water partition coefficient (Wildman–Crippen LogP) is 1.89. The smallest absolute Gasteiger partial charge is 0.255 e. The summed E-state index contributed by atoms with van der Waals surface area (Å²) in [5, 5.41) is 13.6. The van der Waals surface area contributed by atoms with E-state index < -0.39 is 24.2 Å². The van der Waals surface area contributed by atoms with Crippen molar-refractivity contribution in [2.45, 2.75) is 6.92 Å². The first-order valence-corrected chi connectivity index (χ1v) is 8.83. The van der Waals surface area contributed by atoms with Crippen LogP contribution in [0.2, 0.25) is 5.02 Å². The number of hydrogen-bond acceptors (Lipinski definition) is 7. The van der Waals surface area contributed by atoms with Gasteiger partial charge in [-0.05, 0) is 47.7 Å². The number of halogens is 2. The molecule has 0 spiro atoms. The normalized spacial score (nSPS) is 10.5. The molecule has 2 aromatic carbocycles. The molecule has 3 rings (SSSR count). The summed E-state index contributed by atoms with van der Waals surface area (Å²) < 4.78 is 26.0. The highest BCUT2D eigenvalue weighted by Crippen LogP contribution is 2.36. The number of nitrogens with one attached hydrogen (secondary N) is 1. The topological polar surface area (TPSA) is 134 Å². The van der Waals surface area contributed by atoms with Gasteiger partial charge in [-0.2, -0.15) is 4.68 Å². The molecule has 0 aliphatic heterocycles. The van der Waals surface area contributed by atoms with Gasteiger partial charge in [-0.15, -0.1) is 5.10 Å². The SMILES string of the molecule is COc1cc(C(=O)Nc2cc(-n3nnnc3C)ccc2F)cc(Cl)c1OCC(N)=O. The molecule has 0 aliphatic rings. The molecule has 0 saturated heterocycles. The van der Waals surface area contributed by atoms with Gasteiger partial charge in [-0.25, -0.2) is 4.39 Å². The van der Waals surface area contributed by atoms with Gasteiger partial charge < -0.3 is 20.5 Å². The molecule has 30 heavy (non-hydrogen) atoms. The average Bonchev–Trinajstić information content (AvgIpc) is 3.13. The van der Waals surface area contributed by atoms with Crippen molar-refractivity contribution in [2.24, 2.45) is 5.73 Å². The van der Waals surface area contributed by atoms with Crippen LogP contribution in [-0.2, 0) is 4.79 Å². The van der Waals surface area contributed by atoms with Crippen molar-refractivity contribution < 1.29 is 23.5 Å². The fourth-order valence-corrected chi connectivity index (χ4v) is 2.81. The second-order valence-corrected chi connectivity index (χ2v) is 6.41. The van der Waals surface area contributed by atoms with Gasteiger partial charge in [0.25, 0.3) is 11.8 Å². The maximum absolute atomic E-state index is 14.3. The minimum Gasteiger partial charge on any atom is -0.493 e. The number of benzene rings is 2. The highest BCUT2D eigenvalue weighted by atomic mass is 35.5. The van der Waals surface area contributed by atoms with Gasteiger partial charge in [0, 0.05) is 5.56 Å². The number of hydrogen-bond donors (Lipinski definition) is 2. The first-order valence-electron chi connectivity index (χ1n) is 8.45. The molecular formula is C18H16ClFN6O4. The van der Waals surface area contributed by atoms with E-state index in [2.05, 4.69) is 20.8 Å². The van der Waals surface area contributed by atoms with Gasteiger partial charge in [0.05, 0.1) is 23.5 Å². The number of anilines is 1. The zero-order valence-electron chi connectivity index (χ0n) is 15.8. The van der Waals surface area contributed by atoms with Crippen molar-refractivity contribution in [3.8, 4) is 17.2 Å². The van der Waals surface area contributed by atoms with Crippen molar-refractivity contribution in [1.82, 2.24) is 20.2 Å². The Kier molecular flexibility index (Phi) is 6.11. The molecule has 156 valence electrons. The molecule has 0 atom stereocenters. The van der Waals surface area contributed by atoms with Crippen LogP contribution < -0.4 is 20.5 Å². The largest absolute Gasteiger partial charge is 0.493 e. The average molecular weight is 435 g/mol. The number of primary amides is 1. The molecule has 3 aromatic rings. The fraction of sp³-hybridized carbons (Fsp3) is 0.167. The van der Waals surface area contributed by atoms with Gasteiger partial charge in [-0.1, -0.05) is 11.6 Å². The molecule has 1 heterocycles. The molecule has 2 amide bonds. The van der Waals surface area contributed by atoms with Gasteiger partial charge in [-0.3, -0.25) is 9.59 Å². The summed E-state index contributed by atoms with van der Waals surface area (Å²) in [5.74, 6) is -1.37. The van der Waals surface area contributed by atoms with Crippen molar-refractivity contribution in [3.05, 3.63) is 52.6 Å². The molecule has 0 bridgehead atoms. The van der Waals surface area contributed by atoms with E-state index in [1.54, 1.807) is 6.92 Å². The Morgan fingerprint density at radius 1 is 1.30 bits per heavy atom. The third-order valence-corrected chi connectivity index (χ3v) is 4.20. The van der Waals surface area contributed by atoms with E-state index in [1.807, 2.05) is 0 Å². The number of ether oxygens (including phenoxy) is 2. The van der Waals surface area contributed by atoms with Crippen LogP contribution >= 0.6 is 11.6 Å². The molecule has 0 unspecified atom stereocenters. The highest BCUT2D eigenvalue weighted by molar-refractivity contribution is 6.32. The highest BCUT2D eigenvalue weighted by Gasteiger charge is 2.18. The summed E-state index contributed by atoms with van der Waals surface area (Å²) >= 11 is 6.15. The number of tetrazole rings is 1. The van der Waals surface area contributed by atoms with E-state index >= 15 is 0 Å². The van der Waals surface area contributed by atoms with Crippen LogP contribution in [0.1, 0.15) is 16.2 Å². The number of aromatic nitrogens is 4. The monoisotopic (exact) mass is 434 g/mol. The van der Waals surface area contributed by atoms with E-state index in [9.17, 15) is 14.0 Å². The van der Waals surface area contributed by atoms with Crippen LogP contribution in [0.5, 0.6) is 11.5 Å². The number of carbonyl (C=O) groups is 2. The van der Waals surface area contributed by atoms with Crippen LogP contribution in [0.15, 0.2) is 30.3 Å². The molecule has 0 aliphatic carbocycles. The fourth-order valence-electron chi connectivity index (χ4n) is 2.54. The maximum Gasteiger partial charge on any atom is 0.255 e. The third kappa shape index (κ3) is 4.46. The van der Waals surface area contributed by atoms with Crippen LogP contribution in [0.25, 0.3) is 5.69 Å². The van der Waals surface area contributed by atoms with Crippen molar-refractivity contribution in [1.29, 1.82) is 0 Å². The number of methoxy groups -OCH3 is 1. The van der Waals surface area contributed by atoms with E-state index in [-0.39, 0.29) is 27.8 Å². The number of aryl methyl sites for hydroxylation is 1.